The molecule has 0 spiro atoms. The van der Waals surface area contributed by atoms with Gasteiger partial charge in [-0.2, -0.15) is 0 Å². The summed E-state index contributed by atoms with van der Waals surface area (Å²) in [6.07, 6.45) is 3.23. The molecule has 0 radical (unpaired) electrons. The maximum absolute atomic E-state index is 12.8. The molecule has 3 aromatic rings. The van der Waals surface area contributed by atoms with Crippen LogP contribution in [0.25, 0.3) is 21.9 Å². The molecule has 0 saturated heterocycles. The van der Waals surface area contributed by atoms with Gasteiger partial charge in [-0.1, -0.05) is 25.1 Å². The number of anilines is 1. The van der Waals surface area contributed by atoms with Gasteiger partial charge >= 0.3 is 0 Å². The van der Waals surface area contributed by atoms with E-state index in [1.54, 1.807) is 13.8 Å². The molecule has 4 rings (SSSR count). The molecule has 7 heteroatoms. The Morgan fingerprint density at radius 3 is 2.42 bits per heavy atom. The summed E-state index contributed by atoms with van der Waals surface area (Å²) in [7, 11) is -3.39. The van der Waals surface area contributed by atoms with E-state index >= 15 is 0 Å². The fourth-order valence-corrected chi connectivity index (χ4v) is 5.46. The number of carbonyl (C=O) groups excluding carboxylic acids is 1. The first kappa shape index (κ1) is 21.8. The summed E-state index contributed by atoms with van der Waals surface area (Å²) >= 11 is 0. The minimum Gasteiger partial charge on any atom is -0.456 e. The van der Waals surface area contributed by atoms with Crippen molar-refractivity contribution in [2.24, 2.45) is 5.92 Å². The quantitative estimate of drug-likeness (QED) is 0.550. The van der Waals surface area contributed by atoms with Crippen LogP contribution >= 0.6 is 0 Å². The zero-order valence-corrected chi connectivity index (χ0v) is 19.1. The first-order chi connectivity index (χ1) is 14.7. The number of hydrogen-bond acceptors (Lipinski definition) is 4. The summed E-state index contributed by atoms with van der Waals surface area (Å²) in [6, 6.07) is 13.4. The van der Waals surface area contributed by atoms with Crippen LogP contribution in [0, 0.1) is 5.92 Å². The normalized spacial score (nSPS) is 20.2. The molecule has 1 saturated carbocycles. The number of furan rings is 1. The third-order valence-electron chi connectivity index (χ3n) is 6.64. The number of para-hydroxylation sites is 1. The number of nitrogens with one attached hydrogen (secondary N) is 2. The molecule has 0 unspecified atom stereocenters. The Morgan fingerprint density at radius 1 is 1.03 bits per heavy atom. The number of rotatable bonds is 6. The van der Waals surface area contributed by atoms with Crippen LogP contribution < -0.4 is 10.0 Å². The highest BCUT2D eigenvalue weighted by molar-refractivity contribution is 7.90. The second-order valence-electron chi connectivity index (χ2n) is 9.08. The van der Waals surface area contributed by atoms with Crippen LogP contribution in [0.1, 0.15) is 52.9 Å². The van der Waals surface area contributed by atoms with Crippen LogP contribution in [0.4, 0.5) is 5.69 Å². The molecule has 166 valence electrons. The van der Waals surface area contributed by atoms with Crippen LogP contribution in [-0.4, -0.2) is 25.1 Å². The fraction of sp³-hybridized carbons (Fsp3) is 0.458. The monoisotopic (exact) mass is 442 g/mol. The third-order valence-corrected chi connectivity index (χ3v) is 9.03. The molecule has 2 aromatic carbocycles. The second-order valence-corrected chi connectivity index (χ2v) is 11.4. The summed E-state index contributed by atoms with van der Waals surface area (Å²) < 4.78 is 33.1. The van der Waals surface area contributed by atoms with Crippen molar-refractivity contribution in [3.63, 3.8) is 0 Å². The lowest BCUT2D eigenvalue weighted by atomic mass is 9.86. The van der Waals surface area contributed by atoms with Crippen LogP contribution in [0.3, 0.4) is 0 Å². The zero-order valence-electron chi connectivity index (χ0n) is 18.3. The topological polar surface area (TPSA) is 88.4 Å². The van der Waals surface area contributed by atoms with E-state index in [0.717, 1.165) is 27.6 Å². The lowest BCUT2D eigenvalue weighted by molar-refractivity contribution is -0.120. The van der Waals surface area contributed by atoms with E-state index in [2.05, 4.69) is 10.0 Å². The van der Waals surface area contributed by atoms with Gasteiger partial charge in [0.05, 0.1) is 4.75 Å². The number of hydrogen-bond donors (Lipinski definition) is 2. The van der Waals surface area contributed by atoms with E-state index in [9.17, 15) is 13.2 Å². The molecular formula is C24H30N2O4S. The van der Waals surface area contributed by atoms with Crippen molar-refractivity contribution in [3.8, 4) is 0 Å². The largest absolute Gasteiger partial charge is 0.456 e. The maximum Gasteiger partial charge on any atom is 0.227 e. The van der Waals surface area contributed by atoms with Crippen molar-refractivity contribution < 1.29 is 17.6 Å². The lowest BCUT2D eigenvalue weighted by Gasteiger charge is -2.31. The van der Waals surface area contributed by atoms with Gasteiger partial charge in [0.2, 0.25) is 15.9 Å². The number of amides is 1. The Hall–Kier alpha value is -2.38. The van der Waals surface area contributed by atoms with Crippen molar-refractivity contribution in [2.75, 3.05) is 5.32 Å². The molecule has 1 aliphatic rings. The average Bonchev–Trinajstić information content (AvgIpc) is 3.12. The summed E-state index contributed by atoms with van der Waals surface area (Å²) in [5.74, 6) is -0.126. The Bertz CT molecular complexity index is 1200. The van der Waals surface area contributed by atoms with Gasteiger partial charge in [0.15, 0.2) is 0 Å². The molecule has 1 heterocycles. The van der Waals surface area contributed by atoms with E-state index in [4.69, 9.17) is 4.42 Å². The molecule has 0 atom stereocenters. The van der Waals surface area contributed by atoms with Crippen molar-refractivity contribution in [2.45, 2.75) is 63.7 Å². The highest BCUT2D eigenvalue weighted by Gasteiger charge is 2.36. The Kier molecular flexibility index (Phi) is 5.83. The first-order valence-electron chi connectivity index (χ1n) is 10.9. The first-order valence-corrected chi connectivity index (χ1v) is 12.4. The van der Waals surface area contributed by atoms with Crippen molar-refractivity contribution in [1.82, 2.24) is 4.72 Å². The smallest absolute Gasteiger partial charge is 0.227 e. The lowest BCUT2D eigenvalue weighted by Crippen LogP contribution is -2.47. The van der Waals surface area contributed by atoms with E-state index < -0.39 is 14.8 Å². The van der Waals surface area contributed by atoms with Crippen molar-refractivity contribution in [1.29, 1.82) is 0 Å². The molecule has 0 bridgehead atoms. The van der Waals surface area contributed by atoms with Gasteiger partial charge < -0.3 is 9.73 Å². The average molecular weight is 443 g/mol. The fourth-order valence-electron chi connectivity index (χ4n) is 4.09. The number of carbonyl (C=O) groups is 1. The number of fused-ring (bicyclic) bond motifs is 3. The van der Waals surface area contributed by atoms with Gasteiger partial charge in [0.1, 0.15) is 11.2 Å². The minimum absolute atomic E-state index is 0.0117. The summed E-state index contributed by atoms with van der Waals surface area (Å²) in [5, 5.41) is 5.04. The zero-order chi connectivity index (χ0) is 22.2. The summed E-state index contributed by atoms with van der Waals surface area (Å²) in [4.78, 5) is 12.8. The van der Waals surface area contributed by atoms with Crippen molar-refractivity contribution >= 4 is 43.6 Å². The molecule has 0 aliphatic heterocycles. The standard InChI is InChI=1S/C24H30N2O4S/c1-4-24(2,3)31(28,29)26-17-11-9-16(10-12-17)23(27)25-18-13-14-22-20(15-18)19-7-5-6-8-21(19)30-22/h5-8,13-17,26H,4,9-12H2,1-3H3,(H,25,27). The maximum atomic E-state index is 12.8. The molecule has 1 aromatic heterocycles. The van der Waals surface area contributed by atoms with Gasteiger partial charge in [-0.05, 0) is 70.2 Å². The molecule has 31 heavy (non-hydrogen) atoms. The Morgan fingerprint density at radius 2 is 1.71 bits per heavy atom. The molecule has 1 aliphatic carbocycles. The highest BCUT2D eigenvalue weighted by Crippen LogP contribution is 2.32. The van der Waals surface area contributed by atoms with Gasteiger partial charge in [-0.3, -0.25) is 4.79 Å². The van der Waals surface area contributed by atoms with E-state index in [1.165, 1.54) is 0 Å². The van der Waals surface area contributed by atoms with Crippen LogP contribution in [0.5, 0.6) is 0 Å². The molecule has 1 fully saturated rings. The van der Waals surface area contributed by atoms with E-state index in [1.807, 2.05) is 49.4 Å². The van der Waals surface area contributed by atoms with Crippen LogP contribution in [-0.2, 0) is 14.8 Å². The molecule has 1 amide bonds. The molecule has 6 nitrogen and oxygen atoms in total. The SMILES string of the molecule is CCC(C)(C)S(=O)(=O)NC1CCC(C(=O)Nc2ccc3oc4ccccc4c3c2)CC1. The van der Waals surface area contributed by atoms with Crippen molar-refractivity contribution in [3.05, 3.63) is 42.5 Å². The van der Waals surface area contributed by atoms with E-state index in [-0.39, 0.29) is 17.9 Å². The predicted molar refractivity (Wildman–Crippen MR) is 125 cm³/mol. The summed E-state index contributed by atoms with van der Waals surface area (Å²) in [6.45, 7) is 5.37. The van der Waals surface area contributed by atoms with Gasteiger partial charge in [0, 0.05) is 28.4 Å². The molecular weight excluding hydrogens is 412 g/mol. The minimum atomic E-state index is -3.39. The third kappa shape index (κ3) is 4.34. The second kappa shape index (κ2) is 8.28. The number of benzene rings is 2. The Balaban J connectivity index is 1.39. The van der Waals surface area contributed by atoms with Gasteiger partial charge in [-0.25, -0.2) is 13.1 Å². The highest BCUT2D eigenvalue weighted by atomic mass is 32.2. The number of sulfonamides is 1. The Labute approximate surface area is 183 Å². The van der Waals surface area contributed by atoms with Gasteiger partial charge in [-0.15, -0.1) is 0 Å². The predicted octanol–water partition coefficient (Wildman–Crippen LogP) is 5.19. The van der Waals surface area contributed by atoms with Crippen LogP contribution in [0.15, 0.2) is 46.9 Å². The van der Waals surface area contributed by atoms with E-state index in [0.29, 0.717) is 32.1 Å². The molecule has 2 N–H and O–H groups in total. The summed E-state index contributed by atoms with van der Waals surface area (Å²) in [5.41, 5.74) is 2.37. The van der Waals surface area contributed by atoms with Crippen LogP contribution in [0.2, 0.25) is 0 Å². The van der Waals surface area contributed by atoms with Gasteiger partial charge in [0.25, 0.3) is 0 Å².